The Bertz CT molecular complexity index is 3460. The van der Waals surface area contributed by atoms with Crippen LogP contribution >= 0.6 is 0 Å². The van der Waals surface area contributed by atoms with Crippen molar-refractivity contribution >= 4 is 55.0 Å². The van der Waals surface area contributed by atoms with Crippen molar-refractivity contribution in [2.24, 2.45) is 0 Å². The predicted octanol–water partition coefficient (Wildman–Crippen LogP) is 14.7. The zero-order valence-corrected chi connectivity index (χ0v) is 32.4. The van der Waals surface area contributed by atoms with E-state index in [9.17, 15) is 10.5 Å². The van der Waals surface area contributed by atoms with E-state index < -0.39 is 11.7 Å². The Kier molecular flexibility index (Phi) is 8.70. The van der Waals surface area contributed by atoms with Crippen LogP contribution < -0.4 is 0 Å². The molecule has 0 saturated heterocycles. The molecule has 10 rings (SSSR count). The Balaban J connectivity index is 1.32. The van der Waals surface area contributed by atoms with Gasteiger partial charge >= 0.3 is 6.18 Å². The number of benzene rings is 8. The van der Waals surface area contributed by atoms with E-state index in [1.165, 1.54) is 12.1 Å². The third-order valence-corrected chi connectivity index (χ3v) is 11.5. The van der Waals surface area contributed by atoms with Crippen LogP contribution in [0, 0.1) is 35.8 Å². The monoisotopic (exact) mass is 804 g/mol. The summed E-state index contributed by atoms with van der Waals surface area (Å²) in [6.45, 7) is 15.4. The summed E-state index contributed by atoms with van der Waals surface area (Å²) in [5, 5.41) is 24.2. The number of hydrogen-bond donors (Lipinski definition) is 0. The molecule has 6 nitrogen and oxygen atoms in total. The molecule has 0 amide bonds. The van der Waals surface area contributed by atoms with Gasteiger partial charge in [0.25, 0.3) is 0 Å². The van der Waals surface area contributed by atoms with Crippen LogP contribution in [-0.2, 0) is 6.18 Å². The fraction of sp³-hybridized carbons (Fsp3) is 0.0189. The standard InChI is InChI=1S/C53H27F3N6/c1-59-38-22-18-34(19-23-38)36-21-25-49-42(27-36)40-9-4-6-13-47(40)62(49)51-29-37(52-44(53(54,55)56)10-7-11-45(52)60-2)28-50(43(51)31-58)61-46-12-5-3-8-39(46)41-26-35(20-24-48(41)61)33-16-14-32(30-57)15-17-33/h3-29H. The van der Waals surface area contributed by atoms with E-state index in [1.807, 2.05) is 118 Å². The Morgan fingerprint density at radius 3 is 1.45 bits per heavy atom. The number of rotatable bonds is 5. The van der Waals surface area contributed by atoms with Crippen LogP contribution in [0.15, 0.2) is 164 Å². The first-order valence-corrected chi connectivity index (χ1v) is 19.4. The zero-order chi connectivity index (χ0) is 42.7. The predicted molar refractivity (Wildman–Crippen MR) is 238 cm³/mol. The molecular weight excluding hydrogens is 778 g/mol. The van der Waals surface area contributed by atoms with Crippen LogP contribution in [-0.4, -0.2) is 9.13 Å². The van der Waals surface area contributed by atoms with Crippen LogP contribution in [0.5, 0.6) is 0 Å². The first-order chi connectivity index (χ1) is 30.2. The van der Waals surface area contributed by atoms with Crippen LogP contribution in [0.2, 0.25) is 0 Å². The molecule has 0 spiro atoms. The second kappa shape index (κ2) is 14.4. The summed E-state index contributed by atoms with van der Waals surface area (Å²) >= 11 is 0. The number of nitrogens with zero attached hydrogens (tertiary/aromatic N) is 6. The largest absolute Gasteiger partial charge is 0.415 e. The van der Waals surface area contributed by atoms with Crippen molar-refractivity contribution in [2.75, 3.05) is 0 Å². The molecule has 0 bridgehead atoms. The van der Waals surface area contributed by atoms with Gasteiger partial charge in [0.2, 0.25) is 0 Å². The highest BCUT2D eigenvalue weighted by Gasteiger charge is 2.35. The molecule has 10 aromatic rings. The van der Waals surface area contributed by atoms with E-state index in [0.717, 1.165) is 66.4 Å². The molecule has 8 aromatic carbocycles. The molecule has 0 saturated carbocycles. The van der Waals surface area contributed by atoms with Crippen molar-refractivity contribution in [3.05, 3.63) is 203 Å². The van der Waals surface area contributed by atoms with E-state index in [0.29, 0.717) is 28.1 Å². The van der Waals surface area contributed by atoms with E-state index in [1.54, 1.807) is 36.4 Å². The molecule has 0 fully saturated rings. The molecule has 62 heavy (non-hydrogen) atoms. The maximum absolute atomic E-state index is 15.0. The van der Waals surface area contributed by atoms with Crippen molar-refractivity contribution in [2.45, 2.75) is 6.18 Å². The number of halogens is 3. The molecule has 2 aromatic heterocycles. The number of nitriles is 2. The first kappa shape index (κ1) is 37.4. The second-order valence-corrected chi connectivity index (χ2v) is 14.8. The van der Waals surface area contributed by atoms with Gasteiger partial charge in [0.05, 0.1) is 63.8 Å². The van der Waals surface area contributed by atoms with Gasteiger partial charge in [0.1, 0.15) is 11.6 Å². The Morgan fingerprint density at radius 2 is 0.968 bits per heavy atom. The fourth-order valence-corrected chi connectivity index (χ4v) is 8.69. The third-order valence-electron chi connectivity index (χ3n) is 11.5. The van der Waals surface area contributed by atoms with Gasteiger partial charge in [-0.15, -0.1) is 0 Å². The van der Waals surface area contributed by atoms with Gasteiger partial charge < -0.3 is 9.13 Å². The molecule has 9 heteroatoms. The molecule has 2 heterocycles. The van der Waals surface area contributed by atoms with Crippen molar-refractivity contribution in [1.29, 1.82) is 10.5 Å². The van der Waals surface area contributed by atoms with Crippen LogP contribution in [0.25, 0.3) is 98.1 Å². The van der Waals surface area contributed by atoms with E-state index >= 15 is 13.2 Å². The van der Waals surface area contributed by atoms with Crippen molar-refractivity contribution in [1.82, 2.24) is 9.13 Å². The van der Waals surface area contributed by atoms with Gasteiger partial charge in [0.15, 0.2) is 11.4 Å². The molecule has 0 aliphatic heterocycles. The number of hydrogen-bond acceptors (Lipinski definition) is 2. The van der Waals surface area contributed by atoms with Gasteiger partial charge in [0, 0.05) is 21.5 Å². The molecule has 0 aliphatic carbocycles. The Hall–Kier alpha value is -8.89. The lowest BCUT2D eigenvalue weighted by molar-refractivity contribution is -0.137. The van der Waals surface area contributed by atoms with Gasteiger partial charge in [-0.2, -0.15) is 23.7 Å². The number of fused-ring (bicyclic) bond motifs is 6. The summed E-state index contributed by atoms with van der Waals surface area (Å²) in [7, 11) is 0. The Morgan fingerprint density at radius 1 is 0.468 bits per heavy atom. The number of alkyl halides is 3. The maximum atomic E-state index is 15.0. The lowest BCUT2D eigenvalue weighted by atomic mass is 9.94. The van der Waals surface area contributed by atoms with Crippen LogP contribution in [0.1, 0.15) is 16.7 Å². The zero-order valence-electron chi connectivity index (χ0n) is 32.4. The van der Waals surface area contributed by atoms with Crippen LogP contribution in [0.3, 0.4) is 0 Å². The van der Waals surface area contributed by atoms with Gasteiger partial charge in [-0.05, 0) is 94.0 Å². The van der Waals surface area contributed by atoms with E-state index in [-0.39, 0.29) is 22.4 Å². The minimum atomic E-state index is -4.80. The summed E-state index contributed by atoms with van der Waals surface area (Å²) in [4.78, 5) is 7.10. The lowest BCUT2D eigenvalue weighted by Crippen LogP contribution is -2.09. The fourth-order valence-electron chi connectivity index (χ4n) is 8.69. The quantitative estimate of drug-likeness (QED) is 0.163. The summed E-state index contributed by atoms with van der Waals surface area (Å²) in [5.41, 5.74) is 7.15. The van der Waals surface area contributed by atoms with Crippen molar-refractivity contribution in [3.8, 4) is 56.9 Å². The van der Waals surface area contributed by atoms with Gasteiger partial charge in [-0.25, -0.2) is 9.69 Å². The first-order valence-electron chi connectivity index (χ1n) is 19.4. The van der Waals surface area contributed by atoms with Crippen molar-refractivity contribution in [3.63, 3.8) is 0 Å². The molecule has 0 N–H and O–H groups in total. The molecule has 0 unspecified atom stereocenters. The smallest absolute Gasteiger partial charge is 0.308 e. The normalized spacial score (nSPS) is 11.4. The molecule has 290 valence electrons. The molecule has 0 aliphatic rings. The topological polar surface area (TPSA) is 66.2 Å². The number of aromatic nitrogens is 2. The van der Waals surface area contributed by atoms with E-state index in [4.69, 9.17) is 13.1 Å². The molecular formula is C53H27F3N6. The SMILES string of the molecule is [C-]#[N+]c1ccc(-c2ccc3c(c2)c2ccccc2n3-c2cc(-c3c([N+]#[C-])cccc3C(F)(F)F)cc(-n3c4ccccc4c4cc(-c5ccc(C#N)cc5)ccc43)c2C#N)cc1. The summed E-state index contributed by atoms with van der Waals surface area (Å²) in [6, 6.07) is 53.3. The van der Waals surface area contributed by atoms with Gasteiger partial charge in [-0.1, -0.05) is 103 Å². The highest BCUT2D eigenvalue weighted by molar-refractivity contribution is 6.12. The maximum Gasteiger partial charge on any atom is 0.415 e. The lowest BCUT2D eigenvalue weighted by Gasteiger charge is -2.21. The highest BCUT2D eigenvalue weighted by atomic mass is 19.4. The summed E-state index contributed by atoms with van der Waals surface area (Å²) < 4.78 is 48.9. The van der Waals surface area contributed by atoms with E-state index in [2.05, 4.69) is 21.8 Å². The number of para-hydroxylation sites is 2. The average Bonchev–Trinajstić information content (AvgIpc) is 3.82. The third kappa shape index (κ3) is 5.93. The minimum Gasteiger partial charge on any atom is -0.308 e. The summed E-state index contributed by atoms with van der Waals surface area (Å²) in [6.07, 6.45) is -4.80. The highest BCUT2D eigenvalue weighted by Crippen LogP contribution is 2.46. The summed E-state index contributed by atoms with van der Waals surface area (Å²) in [5.74, 6) is 0. The Labute approximate surface area is 353 Å². The van der Waals surface area contributed by atoms with Gasteiger partial charge in [-0.3, -0.25) is 0 Å². The second-order valence-electron chi connectivity index (χ2n) is 14.8. The average molecular weight is 805 g/mol. The molecule has 0 atom stereocenters. The molecule has 0 radical (unpaired) electrons. The van der Waals surface area contributed by atoms with Crippen LogP contribution in [0.4, 0.5) is 24.5 Å². The van der Waals surface area contributed by atoms with Crippen molar-refractivity contribution < 1.29 is 13.2 Å². The minimum absolute atomic E-state index is 0.121.